The van der Waals surface area contributed by atoms with Gasteiger partial charge < -0.3 is 5.32 Å². The molecule has 0 radical (unpaired) electrons. The van der Waals surface area contributed by atoms with Crippen molar-refractivity contribution in [2.24, 2.45) is 0 Å². The first-order valence-electron chi connectivity index (χ1n) is 5.49. The number of thiophene rings is 1. The van der Waals surface area contributed by atoms with Crippen LogP contribution in [-0.2, 0) is 10.0 Å². The lowest BCUT2D eigenvalue weighted by molar-refractivity contribution is 0.0822. The van der Waals surface area contributed by atoms with E-state index in [1.807, 2.05) is 0 Å². The lowest BCUT2D eigenvalue weighted by Crippen LogP contribution is -2.48. The van der Waals surface area contributed by atoms with Crippen LogP contribution in [0.5, 0.6) is 0 Å². The number of piperidine rings is 1. The average molecular weight is 272 g/mol. The minimum atomic E-state index is -3.60. The number of rotatable bonds is 1. The fourth-order valence-electron chi connectivity index (χ4n) is 2.37. The molecule has 0 aliphatic carbocycles. The number of sulfonamides is 1. The van der Waals surface area contributed by atoms with Crippen molar-refractivity contribution in [1.29, 1.82) is 0 Å². The summed E-state index contributed by atoms with van der Waals surface area (Å²) in [7, 11) is -3.60. The van der Waals surface area contributed by atoms with Crippen LogP contribution in [0.2, 0.25) is 0 Å². The van der Waals surface area contributed by atoms with Crippen LogP contribution in [0.15, 0.2) is 16.3 Å². The van der Waals surface area contributed by atoms with Crippen molar-refractivity contribution >= 4 is 27.3 Å². The van der Waals surface area contributed by atoms with Crippen molar-refractivity contribution in [3.63, 3.8) is 0 Å². The number of nitrogens with one attached hydrogen (secondary N) is 1. The highest BCUT2D eigenvalue weighted by atomic mass is 32.2. The smallest absolute Gasteiger partial charge is 0.279 e. The van der Waals surface area contributed by atoms with E-state index in [-0.39, 0.29) is 16.8 Å². The van der Waals surface area contributed by atoms with E-state index in [1.165, 1.54) is 17.4 Å². The number of hydrogen-bond acceptors (Lipinski definition) is 5. The summed E-state index contributed by atoms with van der Waals surface area (Å²) in [5, 5.41) is 4.78. The second kappa shape index (κ2) is 3.79. The maximum atomic E-state index is 12.2. The monoisotopic (exact) mass is 272 g/mol. The Morgan fingerprint density at radius 3 is 2.94 bits per heavy atom. The molecule has 0 saturated carbocycles. The van der Waals surface area contributed by atoms with Gasteiger partial charge in [0, 0.05) is 6.54 Å². The average Bonchev–Trinajstić information content (AvgIpc) is 2.85. The van der Waals surface area contributed by atoms with Crippen LogP contribution in [-0.4, -0.2) is 37.8 Å². The molecule has 0 unspecified atom stereocenters. The highest BCUT2D eigenvalue weighted by Crippen LogP contribution is 2.36. The van der Waals surface area contributed by atoms with Crippen LogP contribution in [0.4, 0.5) is 0 Å². The predicted octanol–water partition coefficient (Wildman–Crippen LogP) is 0.645. The van der Waals surface area contributed by atoms with Crippen LogP contribution < -0.4 is 5.32 Å². The Hall–Kier alpha value is -0.920. The third-order valence-corrected chi connectivity index (χ3v) is 6.07. The predicted molar refractivity (Wildman–Crippen MR) is 63.6 cm³/mol. The van der Waals surface area contributed by atoms with Crippen LogP contribution in [0.3, 0.4) is 0 Å². The van der Waals surface area contributed by atoms with Gasteiger partial charge in [0.15, 0.2) is 0 Å². The van der Waals surface area contributed by atoms with E-state index in [9.17, 15) is 13.2 Å². The maximum Gasteiger partial charge on any atom is 0.279 e. The van der Waals surface area contributed by atoms with E-state index in [4.69, 9.17) is 0 Å². The van der Waals surface area contributed by atoms with Crippen molar-refractivity contribution in [2.45, 2.75) is 23.8 Å². The fraction of sp³-hybridized carbons (Fsp3) is 0.500. The molecule has 1 fully saturated rings. The van der Waals surface area contributed by atoms with Crippen LogP contribution in [0.1, 0.15) is 22.5 Å². The number of fused-ring (bicyclic) bond motifs is 1. The van der Waals surface area contributed by atoms with E-state index in [1.54, 1.807) is 5.38 Å². The third kappa shape index (κ3) is 1.53. The van der Waals surface area contributed by atoms with Gasteiger partial charge in [-0.15, -0.1) is 11.3 Å². The SMILES string of the molecule is O=C1c2sccc2S(=O)(=O)N1[C@H]1CCCNC1. The molecule has 1 amide bonds. The molecule has 5 nitrogen and oxygen atoms in total. The van der Waals surface area contributed by atoms with Gasteiger partial charge in [-0.2, -0.15) is 0 Å². The summed E-state index contributed by atoms with van der Waals surface area (Å²) in [6.07, 6.45) is 1.64. The Morgan fingerprint density at radius 2 is 2.29 bits per heavy atom. The summed E-state index contributed by atoms with van der Waals surface area (Å²) in [6.45, 7) is 1.44. The van der Waals surface area contributed by atoms with Crippen molar-refractivity contribution in [3.05, 3.63) is 16.3 Å². The summed E-state index contributed by atoms with van der Waals surface area (Å²) >= 11 is 1.20. The van der Waals surface area contributed by atoms with Gasteiger partial charge in [0.25, 0.3) is 15.9 Å². The van der Waals surface area contributed by atoms with Crippen LogP contribution >= 0.6 is 11.3 Å². The van der Waals surface area contributed by atoms with Gasteiger partial charge in [0.1, 0.15) is 9.77 Å². The molecule has 1 N–H and O–H groups in total. The van der Waals surface area contributed by atoms with Gasteiger partial charge in [-0.25, -0.2) is 12.7 Å². The molecule has 0 spiro atoms. The zero-order valence-corrected chi connectivity index (χ0v) is 10.7. The summed E-state index contributed by atoms with van der Waals surface area (Å²) in [5.41, 5.74) is 0. The summed E-state index contributed by atoms with van der Waals surface area (Å²) < 4.78 is 25.5. The zero-order valence-electron chi connectivity index (χ0n) is 9.05. The molecule has 1 aromatic rings. The topological polar surface area (TPSA) is 66.5 Å². The summed E-state index contributed by atoms with van der Waals surface area (Å²) in [5.74, 6) is -0.358. The Labute approximate surface area is 103 Å². The normalized spacial score (nSPS) is 27.2. The Morgan fingerprint density at radius 1 is 1.47 bits per heavy atom. The highest BCUT2D eigenvalue weighted by Gasteiger charge is 2.46. The fourth-order valence-corrected chi connectivity index (χ4v) is 5.35. The number of carbonyl (C=O) groups is 1. The Kier molecular flexibility index (Phi) is 2.49. The highest BCUT2D eigenvalue weighted by molar-refractivity contribution is 7.90. The number of carbonyl (C=O) groups excluding carboxylic acids is 1. The Bertz CT molecular complexity index is 558. The van der Waals surface area contributed by atoms with Crippen molar-refractivity contribution in [3.8, 4) is 0 Å². The summed E-state index contributed by atoms with van der Waals surface area (Å²) in [6, 6.07) is 1.28. The van der Waals surface area contributed by atoms with Gasteiger partial charge in [-0.1, -0.05) is 0 Å². The van der Waals surface area contributed by atoms with Gasteiger partial charge >= 0.3 is 0 Å². The molecule has 92 valence electrons. The van der Waals surface area contributed by atoms with E-state index in [2.05, 4.69) is 5.32 Å². The zero-order chi connectivity index (χ0) is 12.0. The molecule has 1 aromatic heterocycles. The quantitative estimate of drug-likeness (QED) is 0.815. The molecular formula is C10H12N2O3S2. The summed E-state index contributed by atoms with van der Waals surface area (Å²) in [4.78, 5) is 12.6. The van der Waals surface area contributed by atoms with Gasteiger partial charge in [0.2, 0.25) is 0 Å². The number of nitrogens with zero attached hydrogens (tertiary/aromatic N) is 1. The largest absolute Gasteiger partial charge is 0.315 e. The first kappa shape index (κ1) is 11.2. The Balaban J connectivity index is 2.02. The van der Waals surface area contributed by atoms with Crippen molar-refractivity contribution < 1.29 is 13.2 Å². The van der Waals surface area contributed by atoms with Gasteiger partial charge in [-0.05, 0) is 30.8 Å². The number of hydrogen-bond donors (Lipinski definition) is 1. The van der Waals surface area contributed by atoms with Crippen molar-refractivity contribution in [2.75, 3.05) is 13.1 Å². The maximum absolute atomic E-state index is 12.2. The minimum Gasteiger partial charge on any atom is -0.315 e. The van der Waals surface area contributed by atoms with E-state index >= 15 is 0 Å². The standard InChI is InChI=1S/C10H12N2O3S2/c13-10-9-8(3-5-16-9)17(14,15)12(10)7-2-1-4-11-6-7/h3,5,7,11H,1-2,4,6H2/t7-/m0/s1. The van der Waals surface area contributed by atoms with Crippen LogP contribution in [0.25, 0.3) is 0 Å². The molecule has 2 aliphatic rings. The molecule has 2 aliphatic heterocycles. The molecular weight excluding hydrogens is 260 g/mol. The minimum absolute atomic E-state index is 0.179. The van der Waals surface area contributed by atoms with E-state index < -0.39 is 10.0 Å². The van der Waals surface area contributed by atoms with E-state index in [0.29, 0.717) is 11.4 Å². The van der Waals surface area contributed by atoms with E-state index in [0.717, 1.165) is 23.7 Å². The van der Waals surface area contributed by atoms with Crippen LogP contribution in [0, 0.1) is 0 Å². The molecule has 0 aromatic carbocycles. The van der Waals surface area contributed by atoms with Gasteiger partial charge in [-0.3, -0.25) is 4.79 Å². The van der Waals surface area contributed by atoms with Gasteiger partial charge in [0.05, 0.1) is 6.04 Å². The third-order valence-electron chi connectivity index (χ3n) is 3.16. The lowest BCUT2D eigenvalue weighted by Gasteiger charge is -2.30. The molecule has 17 heavy (non-hydrogen) atoms. The molecule has 7 heteroatoms. The molecule has 3 heterocycles. The van der Waals surface area contributed by atoms with Crippen molar-refractivity contribution in [1.82, 2.24) is 9.62 Å². The molecule has 1 atom stereocenters. The molecule has 3 rings (SSSR count). The second-order valence-corrected chi connectivity index (χ2v) is 6.92. The molecule has 1 saturated heterocycles. The molecule has 0 bridgehead atoms. The second-order valence-electron chi connectivity index (χ2n) is 4.22. The first-order chi connectivity index (χ1) is 8.12. The number of amides is 1. The first-order valence-corrected chi connectivity index (χ1v) is 7.81. The lowest BCUT2D eigenvalue weighted by atomic mass is 10.1.